The first-order chi connectivity index (χ1) is 11.0. The number of aryl methyl sites for hydroxylation is 3. The van der Waals surface area contributed by atoms with Crippen LogP contribution in [0, 0.1) is 6.92 Å². The van der Waals surface area contributed by atoms with E-state index in [2.05, 4.69) is 21.9 Å². The lowest BCUT2D eigenvalue weighted by Crippen LogP contribution is -2.49. The van der Waals surface area contributed by atoms with E-state index in [1.165, 1.54) is 0 Å². The number of nitrogens with zero attached hydrogens (tertiary/aromatic N) is 6. The number of hydrogen-bond acceptors (Lipinski definition) is 5. The molecule has 0 aliphatic carbocycles. The molecule has 1 saturated heterocycles. The second kappa shape index (κ2) is 6.14. The predicted octanol–water partition coefficient (Wildman–Crippen LogP) is 1.29. The second-order valence-electron chi connectivity index (χ2n) is 5.94. The fourth-order valence-corrected chi connectivity index (χ4v) is 3.13. The molecule has 1 fully saturated rings. The largest absolute Gasteiger partial charge is 0.351 e. The second-order valence-corrected chi connectivity index (χ2v) is 5.94. The Balaban J connectivity index is 1.95. The molecule has 0 radical (unpaired) electrons. The van der Waals surface area contributed by atoms with Crippen molar-refractivity contribution in [2.75, 3.05) is 31.1 Å². The summed E-state index contributed by atoms with van der Waals surface area (Å²) in [5, 5.41) is 4.50. The zero-order chi connectivity index (χ0) is 16.6. The van der Waals surface area contributed by atoms with E-state index in [0.717, 1.165) is 61.0 Å². The highest BCUT2D eigenvalue weighted by atomic mass is 16.2. The Morgan fingerprint density at radius 2 is 1.83 bits per heavy atom. The van der Waals surface area contributed by atoms with Gasteiger partial charge < -0.3 is 9.80 Å². The van der Waals surface area contributed by atoms with Crippen molar-refractivity contribution in [3.63, 3.8) is 0 Å². The maximum Gasteiger partial charge on any atom is 0.222 e. The molecule has 2 aromatic rings. The van der Waals surface area contributed by atoms with E-state index in [-0.39, 0.29) is 5.91 Å². The van der Waals surface area contributed by atoms with Crippen LogP contribution in [0.4, 0.5) is 5.82 Å². The van der Waals surface area contributed by atoms with Crippen molar-refractivity contribution in [1.29, 1.82) is 0 Å². The van der Waals surface area contributed by atoms with Gasteiger partial charge in [-0.3, -0.25) is 9.48 Å². The molecular weight excluding hydrogens is 292 g/mol. The fraction of sp³-hybridized carbons (Fsp3) is 0.625. The summed E-state index contributed by atoms with van der Waals surface area (Å²) in [6, 6.07) is 0. The van der Waals surface area contributed by atoms with Gasteiger partial charge in [0.05, 0.1) is 5.69 Å². The number of carbonyl (C=O) groups is 1. The molecule has 0 unspecified atom stereocenters. The number of aromatic nitrogens is 4. The topological polar surface area (TPSA) is 67.2 Å². The van der Waals surface area contributed by atoms with Crippen molar-refractivity contribution in [2.45, 2.75) is 33.6 Å². The third kappa shape index (κ3) is 2.75. The molecule has 1 aliphatic heterocycles. The SMILES string of the molecule is CCC(=O)N1CCN(c2nc(CC)nc3c(C)nn(C)c23)CC1. The molecule has 0 atom stereocenters. The lowest BCUT2D eigenvalue weighted by molar-refractivity contribution is -0.131. The molecule has 0 aromatic carbocycles. The molecular formula is C16H24N6O. The Bertz CT molecular complexity index is 730. The van der Waals surface area contributed by atoms with Crippen LogP contribution in [-0.4, -0.2) is 56.7 Å². The predicted molar refractivity (Wildman–Crippen MR) is 89.5 cm³/mol. The number of amides is 1. The van der Waals surface area contributed by atoms with Gasteiger partial charge >= 0.3 is 0 Å². The maximum absolute atomic E-state index is 11.8. The Labute approximate surface area is 136 Å². The van der Waals surface area contributed by atoms with Gasteiger partial charge in [-0.05, 0) is 6.92 Å². The van der Waals surface area contributed by atoms with Gasteiger partial charge in [-0.15, -0.1) is 0 Å². The highest BCUT2D eigenvalue weighted by Gasteiger charge is 2.24. The Kier molecular flexibility index (Phi) is 4.19. The molecule has 0 bridgehead atoms. The summed E-state index contributed by atoms with van der Waals surface area (Å²) in [6.07, 6.45) is 1.37. The Morgan fingerprint density at radius 3 is 2.43 bits per heavy atom. The molecule has 0 saturated carbocycles. The van der Waals surface area contributed by atoms with Gasteiger partial charge in [0.15, 0.2) is 5.82 Å². The van der Waals surface area contributed by atoms with Crippen molar-refractivity contribution in [1.82, 2.24) is 24.6 Å². The van der Waals surface area contributed by atoms with Crippen molar-refractivity contribution < 1.29 is 4.79 Å². The van der Waals surface area contributed by atoms with E-state index in [9.17, 15) is 4.79 Å². The van der Waals surface area contributed by atoms with Crippen molar-refractivity contribution in [2.24, 2.45) is 7.05 Å². The molecule has 3 heterocycles. The standard InChI is InChI=1S/C16H24N6O/c1-5-12-17-14-11(3)19-20(4)15(14)16(18-12)22-9-7-21(8-10-22)13(23)6-2/h5-10H2,1-4H3. The number of anilines is 1. The molecule has 2 aromatic heterocycles. The zero-order valence-corrected chi connectivity index (χ0v) is 14.3. The monoisotopic (exact) mass is 316 g/mol. The summed E-state index contributed by atoms with van der Waals surface area (Å²) >= 11 is 0. The third-order valence-corrected chi connectivity index (χ3v) is 4.43. The molecule has 0 N–H and O–H groups in total. The van der Waals surface area contributed by atoms with Crippen LogP contribution in [-0.2, 0) is 18.3 Å². The van der Waals surface area contributed by atoms with E-state index < -0.39 is 0 Å². The molecule has 0 spiro atoms. The van der Waals surface area contributed by atoms with Gasteiger partial charge in [0.25, 0.3) is 0 Å². The maximum atomic E-state index is 11.8. The molecule has 7 nitrogen and oxygen atoms in total. The van der Waals surface area contributed by atoms with Gasteiger partial charge in [0.2, 0.25) is 5.91 Å². The Morgan fingerprint density at radius 1 is 1.13 bits per heavy atom. The minimum Gasteiger partial charge on any atom is -0.351 e. The van der Waals surface area contributed by atoms with E-state index in [1.54, 1.807) is 0 Å². The third-order valence-electron chi connectivity index (χ3n) is 4.43. The first-order valence-electron chi connectivity index (χ1n) is 8.28. The summed E-state index contributed by atoms with van der Waals surface area (Å²) in [7, 11) is 1.94. The van der Waals surface area contributed by atoms with Gasteiger partial charge in [0, 0.05) is 46.1 Å². The number of rotatable bonds is 3. The van der Waals surface area contributed by atoms with Gasteiger partial charge in [0.1, 0.15) is 16.9 Å². The van der Waals surface area contributed by atoms with Gasteiger partial charge in [-0.1, -0.05) is 13.8 Å². The van der Waals surface area contributed by atoms with Crippen LogP contribution in [0.3, 0.4) is 0 Å². The zero-order valence-electron chi connectivity index (χ0n) is 14.3. The van der Waals surface area contributed by atoms with E-state index in [1.807, 2.05) is 30.5 Å². The summed E-state index contributed by atoms with van der Waals surface area (Å²) in [5.74, 6) is 2.01. The summed E-state index contributed by atoms with van der Waals surface area (Å²) in [5.41, 5.74) is 2.84. The number of carbonyl (C=O) groups excluding carboxylic acids is 1. The van der Waals surface area contributed by atoms with Crippen molar-refractivity contribution >= 4 is 22.8 Å². The first kappa shape index (κ1) is 15.7. The fourth-order valence-electron chi connectivity index (χ4n) is 3.13. The molecule has 7 heteroatoms. The quantitative estimate of drug-likeness (QED) is 0.853. The lowest BCUT2D eigenvalue weighted by Gasteiger charge is -2.35. The molecule has 124 valence electrons. The normalized spacial score (nSPS) is 15.5. The smallest absolute Gasteiger partial charge is 0.222 e. The van der Waals surface area contributed by atoms with Gasteiger partial charge in [-0.2, -0.15) is 5.10 Å². The number of hydrogen-bond donors (Lipinski definition) is 0. The lowest BCUT2D eigenvalue weighted by atomic mass is 10.2. The van der Waals surface area contributed by atoms with Crippen LogP contribution >= 0.6 is 0 Å². The Hall–Kier alpha value is -2.18. The minimum absolute atomic E-state index is 0.225. The van der Waals surface area contributed by atoms with Crippen LogP contribution in [0.15, 0.2) is 0 Å². The molecule has 3 rings (SSSR count). The minimum atomic E-state index is 0.225. The van der Waals surface area contributed by atoms with Crippen molar-refractivity contribution in [3.05, 3.63) is 11.5 Å². The van der Waals surface area contributed by atoms with Crippen LogP contribution in [0.5, 0.6) is 0 Å². The van der Waals surface area contributed by atoms with E-state index >= 15 is 0 Å². The number of fused-ring (bicyclic) bond motifs is 1. The summed E-state index contributed by atoms with van der Waals surface area (Å²) < 4.78 is 1.86. The van der Waals surface area contributed by atoms with E-state index in [0.29, 0.717) is 6.42 Å². The van der Waals surface area contributed by atoms with Gasteiger partial charge in [-0.25, -0.2) is 9.97 Å². The van der Waals surface area contributed by atoms with Crippen LogP contribution in [0.2, 0.25) is 0 Å². The number of piperazine rings is 1. The van der Waals surface area contributed by atoms with Crippen LogP contribution in [0.25, 0.3) is 11.0 Å². The summed E-state index contributed by atoms with van der Waals surface area (Å²) in [6.45, 7) is 9.04. The van der Waals surface area contributed by atoms with Crippen LogP contribution in [0.1, 0.15) is 31.8 Å². The average molecular weight is 316 g/mol. The first-order valence-corrected chi connectivity index (χ1v) is 8.28. The molecule has 1 aliphatic rings. The highest BCUT2D eigenvalue weighted by Crippen LogP contribution is 2.26. The molecule has 23 heavy (non-hydrogen) atoms. The summed E-state index contributed by atoms with van der Waals surface area (Å²) in [4.78, 5) is 25.4. The molecule has 1 amide bonds. The van der Waals surface area contributed by atoms with Crippen molar-refractivity contribution in [3.8, 4) is 0 Å². The highest BCUT2D eigenvalue weighted by molar-refractivity contribution is 5.88. The average Bonchev–Trinajstić information content (AvgIpc) is 2.87. The van der Waals surface area contributed by atoms with Crippen LogP contribution < -0.4 is 4.90 Å². The van der Waals surface area contributed by atoms with E-state index in [4.69, 9.17) is 4.98 Å².